The predicted octanol–water partition coefficient (Wildman–Crippen LogP) is 1.75. The van der Waals surface area contributed by atoms with Crippen LogP contribution in [0.3, 0.4) is 0 Å². The summed E-state index contributed by atoms with van der Waals surface area (Å²) in [4.78, 5) is 18.5. The molecule has 1 aliphatic heterocycles. The number of phenolic OH excluding ortho intramolecular Hbond substituents is 1. The molecule has 1 aliphatic rings. The zero-order valence-electron chi connectivity index (χ0n) is 15.1. The lowest BCUT2D eigenvalue weighted by Crippen LogP contribution is -2.46. The minimum Gasteiger partial charge on any atom is -0.504 e. The predicted molar refractivity (Wildman–Crippen MR) is 95.8 cm³/mol. The number of nitrogens with one attached hydrogen (secondary N) is 1. The fraction of sp³-hybridized carbons (Fsp3) is 0.556. The first-order valence-corrected chi connectivity index (χ1v) is 8.56. The number of carbonyl (C=O) groups excluding carboxylic acids is 1. The number of guanidine groups is 1. The zero-order chi connectivity index (χ0) is 18.2. The van der Waals surface area contributed by atoms with Crippen molar-refractivity contribution < 1.29 is 19.4 Å². The topological polar surface area (TPSA) is 83.4 Å². The van der Waals surface area contributed by atoms with Crippen LogP contribution in [0.25, 0.3) is 0 Å². The van der Waals surface area contributed by atoms with Crippen LogP contribution >= 0.6 is 0 Å². The van der Waals surface area contributed by atoms with E-state index in [1.54, 1.807) is 12.1 Å². The molecule has 1 fully saturated rings. The van der Waals surface area contributed by atoms with Crippen molar-refractivity contribution in [2.75, 3.05) is 33.9 Å². The van der Waals surface area contributed by atoms with Crippen LogP contribution in [0.2, 0.25) is 0 Å². The van der Waals surface area contributed by atoms with E-state index in [2.05, 4.69) is 15.2 Å². The number of likely N-dealkylation sites (tertiary alicyclic amines) is 1. The number of esters is 1. The molecule has 0 saturated carbocycles. The minimum atomic E-state index is -0.129. The van der Waals surface area contributed by atoms with Gasteiger partial charge in [0, 0.05) is 19.6 Å². The fourth-order valence-corrected chi connectivity index (χ4v) is 2.92. The van der Waals surface area contributed by atoms with Crippen molar-refractivity contribution >= 4 is 11.9 Å². The summed E-state index contributed by atoms with van der Waals surface area (Å²) in [7, 11) is 2.96. The number of hydrogen-bond donors (Lipinski definition) is 2. The van der Waals surface area contributed by atoms with Gasteiger partial charge in [-0.15, -0.1) is 0 Å². The van der Waals surface area contributed by atoms with E-state index < -0.39 is 0 Å². The second-order valence-electron chi connectivity index (χ2n) is 5.96. The monoisotopic (exact) mass is 349 g/mol. The van der Waals surface area contributed by atoms with E-state index in [0.717, 1.165) is 44.0 Å². The van der Waals surface area contributed by atoms with E-state index in [-0.39, 0.29) is 17.6 Å². The maximum absolute atomic E-state index is 11.6. The minimum absolute atomic E-state index is 0.0253. The Morgan fingerprint density at radius 2 is 2.08 bits per heavy atom. The average molecular weight is 349 g/mol. The molecule has 25 heavy (non-hydrogen) atoms. The number of aliphatic imine (C=N–C) groups is 1. The molecule has 2 N–H and O–H groups in total. The van der Waals surface area contributed by atoms with E-state index in [0.29, 0.717) is 12.3 Å². The molecule has 0 bridgehead atoms. The highest BCUT2D eigenvalue weighted by atomic mass is 16.5. The van der Waals surface area contributed by atoms with Crippen molar-refractivity contribution in [1.29, 1.82) is 0 Å². The second-order valence-corrected chi connectivity index (χ2v) is 5.96. The van der Waals surface area contributed by atoms with Crippen LogP contribution < -0.4 is 10.1 Å². The van der Waals surface area contributed by atoms with Crippen molar-refractivity contribution in [2.24, 2.45) is 10.9 Å². The number of phenols is 1. The summed E-state index contributed by atoms with van der Waals surface area (Å²) in [6.45, 7) is 4.77. The van der Waals surface area contributed by atoms with Gasteiger partial charge in [0.05, 0.1) is 26.7 Å². The summed E-state index contributed by atoms with van der Waals surface area (Å²) < 4.78 is 9.88. The number of carbonyl (C=O) groups is 1. The Morgan fingerprint density at radius 3 is 2.64 bits per heavy atom. The molecular formula is C18H27N3O4. The number of methoxy groups -OCH3 is 2. The number of nitrogens with zero attached hydrogens (tertiary/aromatic N) is 2. The molecule has 0 spiro atoms. The van der Waals surface area contributed by atoms with E-state index in [4.69, 9.17) is 9.47 Å². The summed E-state index contributed by atoms with van der Waals surface area (Å²) in [6.07, 6.45) is 1.53. The molecular weight excluding hydrogens is 322 g/mol. The first kappa shape index (κ1) is 18.9. The van der Waals surface area contributed by atoms with Gasteiger partial charge in [0.15, 0.2) is 17.5 Å². The van der Waals surface area contributed by atoms with E-state index >= 15 is 0 Å². The van der Waals surface area contributed by atoms with Crippen molar-refractivity contribution in [3.05, 3.63) is 23.8 Å². The highest BCUT2D eigenvalue weighted by molar-refractivity contribution is 5.80. The molecule has 138 valence electrons. The molecule has 0 aliphatic carbocycles. The smallest absolute Gasteiger partial charge is 0.308 e. The van der Waals surface area contributed by atoms with Crippen molar-refractivity contribution in [1.82, 2.24) is 10.2 Å². The van der Waals surface area contributed by atoms with Gasteiger partial charge >= 0.3 is 5.97 Å². The maximum Gasteiger partial charge on any atom is 0.308 e. The highest BCUT2D eigenvalue weighted by Crippen LogP contribution is 2.26. The highest BCUT2D eigenvalue weighted by Gasteiger charge is 2.26. The van der Waals surface area contributed by atoms with Crippen LogP contribution in [0.15, 0.2) is 23.2 Å². The van der Waals surface area contributed by atoms with Crippen molar-refractivity contribution in [3.63, 3.8) is 0 Å². The van der Waals surface area contributed by atoms with Gasteiger partial charge in [-0.25, -0.2) is 4.99 Å². The maximum atomic E-state index is 11.6. The van der Waals surface area contributed by atoms with Crippen LogP contribution in [0.4, 0.5) is 0 Å². The Kier molecular flexibility index (Phi) is 6.91. The largest absolute Gasteiger partial charge is 0.504 e. The number of rotatable bonds is 5. The number of aromatic hydroxyl groups is 1. The molecule has 1 aromatic rings. The van der Waals surface area contributed by atoms with Gasteiger partial charge in [-0.2, -0.15) is 0 Å². The molecule has 2 rings (SSSR count). The van der Waals surface area contributed by atoms with Gasteiger partial charge in [-0.05, 0) is 37.5 Å². The number of piperidine rings is 1. The molecule has 7 nitrogen and oxygen atoms in total. The molecule has 1 heterocycles. The number of ether oxygens (including phenoxy) is 2. The first-order chi connectivity index (χ1) is 12.1. The Morgan fingerprint density at radius 1 is 1.36 bits per heavy atom. The van der Waals surface area contributed by atoms with E-state index in [1.807, 2.05) is 13.0 Å². The number of benzene rings is 1. The second kappa shape index (κ2) is 9.15. The summed E-state index contributed by atoms with van der Waals surface area (Å²) in [6, 6.07) is 5.28. The molecule has 7 heteroatoms. The van der Waals surface area contributed by atoms with Crippen LogP contribution in [-0.4, -0.2) is 55.8 Å². The van der Waals surface area contributed by atoms with Crippen LogP contribution in [0.1, 0.15) is 25.3 Å². The Labute approximate surface area is 148 Å². The number of hydrogen-bond acceptors (Lipinski definition) is 5. The molecule has 0 amide bonds. The molecule has 1 aromatic carbocycles. The zero-order valence-corrected chi connectivity index (χ0v) is 15.1. The summed E-state index contributed by atoms with van der Waals surface area (Å²) in [5.74, 6) is 1.22. The van der Waals surface area contributed by atoms with Crippen LogP contribution in [0, 0.1) is 5.92 Å². The normalized spacial score (nSPS) is 15.8. The molecule has 1 saturated heterocycles. The Balaban J connectivity index is 2.01. The average Bonchev–Trinajstić information content (AvgIpc) is 2.64. The van der Waals surface area contributed by atoms with E-state index in [1.165, 1.54) is 14.2 Å². The lowest BCUT2D eigenvalue weighted by atomic mass is 9.97. The van der Waals surface area contributed by atoms with Crippen molar-refractivity contribution in [3.8, 4) is 11.5 Å². The van der Waals surface area contributed by atoms with Gasteiger partial charge in [-0.3, -0.25) is 4.79 Å². The van der Waals surface area contributed by atoms with Gasteiger partial charge in [-0.1, -0.05) is 6.07 Å². The summed E-state index contributed by atoms with van der Waals surface area (Å²) in [5, 5.41) is 13.2. The quantitative estimate of drug-likeness (QED) is 0.479. The lowest BCUT2D eigenvalue weighted by molar-refractivity contribution is -0.146. The van der Waals surface area contributed by atoms with Crippen LogP contribution in [-0.2, 0) is 16.1 Å². The molecule has 0 radical (unpaired) electrons. The van der Waals surface area contributed by atoms with Crippen molar-refractivity contribution in [2.45, 2.75) is 26.3 Å². The standard InChI is InChI=1S/C18H27N3O4/c1-4-19-18(21-9-7-14(8-10-21)17(23)25-3)20-12-13-5-6-16(24-2)15(22)11-13/h5-6,11,14,22H,4,7-10,12H2,1-3H3,(H,19,20). The van der Waals surface area contributed by atoms with Crippen LogP contribution in [0.5, 0.6) is 11.5 Å². The molecule has 0 unspecified atom stereocenters. The Bertz CT molecular complexity index is 610. The van der Waals surface area contributed by atoms with E-state index in [9.17, 15) is 9.90 Å². The molecule has 0 aromatic heterocycles. The lowest BCUT2D eigenvalue weighted by Gasteiger charge is -2.33. The summed E-state index contributed by atoms with van der Waals surface area (Å²) >= 11 is 0. The van der Waals surface area contributed by atoms with Gasteiger partial charge in [0.2, 0.25) is 0 Å². The van der Waals surface area contributed by atoms with Gasteiger partial charge in [0.25, 0.3) is 0 Å². The first-order valence-electron chi connectivity index (χ1n) is 8.56. The third-order valence-electron chi connectivity index (χ3n) is 4.32. The SMILES string of the molecule is CCNC(=NCc1ccc(OC)c(O)c1)N1CCC(C(=O)OC)CC1. The molecule has 0 atom stereocenters. The summed E-state index contributed by atoms with van der Waals surface area (Å²) in [5.41, 5.74) is 0.901. The van der Waals surface area contributed by atoms with Gasteiger partial charge in [0.1, 0.15) is 0 Å². The third kappa shape index (κ3) is 5.01. The van der Waals surface area contributed by atoms with Gasteiger partial charge < -0.3 is 24.8 Å². The third-order valence-corrected chi connectivity index (χ3v) is 4.32. The Hall–Kier alpha value is -2.44. The fourth-order valence-electron chi connectivity index (χ4n) is 2.92.